The van der Waals surface area contributed by atoms with Gasteiger partial charge in [-0.3, -0.25) is 0 Å². The normalized spacial score (nSPS) is 11.9. The maximum atomic E-state index is 11.8. The number of furan rings is 1. The number of para-hydroxylation sites is 1. The Kier molecular flexibility index (Phi) is 4.47. The SMILES string of the molecule is C[C@H](Cc1ccco1)NC(=O)Nc1ccccc1Cl. The fourth-order valence-electron chi connectivity index (χ4n) is 1.73. The predicted molar refractivity (Wildman–Crippen MR) is 75.5 cm³/mol. The van der Waals surface area contributed by atoms with Gasteiger partial charge in [0.05, 0.1) is 17.0 Å². The van der Waals surface area contributed by atoms with E-state index < -0.39 is 0 Å². The highest BCUT2D eigenvalue weighted by Gasteiger charge is 2.10. The molecule has 0 saturated carbocycles. The second-order valence-electron chi connectivity index (χ2n) is 4.26. The van der Waals surface area contributed by atoms with Crippen molar-refractivity contribution in [1.29, 1.82) is 0 Å². The molecule has 0 fully saturated rings. The van der Waals surface area contributed by atoms with Crippen LogP contribution < -0.4 is 10.6 Å². The second-order valence-corrected chi connectivity index (χ2v) is 4.67. The Hall–Kier alpha value is -1.94. The third-order valence-electron chi connectivity index (χ3n) is 2.59. The van der Waals surface area contributed by atoms with Crippen LogP contribution in [0.3, 0.4) is 0 Å². The number of rotatable bonds is 4. The van der Waals surface area contributed by atoms with Crippen LogP contribution in [0.5, 0.6) is 0 Å². The van der Waals surface area contributed by atoms with Crippen molar-refractivity contribution in [2.45, 2.75) is 19.4 Å². The number of nitrogens with one attached hydrogen (secondary N) is 2. The van der Waals surface area contributed by atoms with Gasteiger partial charge in [0.1, 0.15) is 5.76 Å². The number of anilines is 1. The number of hydrogen-bond donors (Lipinski definition) is 2. The Morgan fingerprint density at radius 3 is 2.79 bits per heavy atom. The van der Waals surface area contributed by atoms with E-state index in [-0.39, 0.29) is 12.1 Å². The van der Waals surface area contributed by atoms with Crippen molar-refractivity contribution < 1.29 is 9.21 Å². The monoisotopic (exact) mass is 278 g/mol. The summed E-state index contributed by atoms with van der Waals surface area (Å²) in [6.45, 7) is 1.91. The lowest BCUT2D eigenvalue weighted by Crippen LogP contribution is -2.37. The van der Waals surface area contributed by atoms with Crippen molar-refractivity contribution in [1.82, 2.24) is 5.32 Å². The van der Waals surface area contributed by atoms with Crippen LogP contribution in [0.15, 0.2) is 47.1 Å². The topological polar surface area (TPSA) is 54.3 Å². The van der Waals surface area contributed by atoms with E-state index in [1.807, 2.05) is 31.2 Å². The Balaban J connectivity index is 1.86. The molecule has 2 N–H and O–H groups in total. The van der Waals surface area contributed by atoms with Crippen molar-refractivity contribution >= 4 is 23.3 Å². The Morgan fingerprint density at radius 1 is 1.32 bits per heavy atom. The first-order valence-corrected chi connectivity index (χ1v) is 6.37. The average molecular weight is 279 g/mol. The third-order valence-corrected chi connectivity index (χ3v) is 2.92. The molecule has 1 aromatic heterocycles. The highest BCUT2D eigenvalue weighted by Crippen LogP contribution is 2.20. The van der Waals surface area contributed by atoms with Gasteiger partial charge in [0.25, 0.3) is 0 Å². The summed E-state index contributed by atoms with van der Waals surface area (Å²) in [5, 5.41) is 6.04. The molecule has 1 atom stereocenters. The van der Waals surface area contributed by atoms with Gasteiger partial charge in [-0.2, -0.15) is 0 Å². The number of hydrogen-bond acceptors (Lipinski definition) is 2. The lowest BCUT2D eigenvalue weighted by atomic mass is 10.2. The molecule has 100 valence electrons. The molecule has 0 saturated heterocycles. The van der Waals surface area contributed by atoms with E-state index >= 15 is 0 Å². The molecule has 1 aromatic carbocycles. The number of urea groups is 1. The molecule has 2 aromatic rings. The zero-order valence-corrected chi connectivity index (χ0v) is 11.3. The minimum Gasteiger partial charge on any atom is -0.469 e. The first-order valence-electron chi connectivity index (χ1n) is 5.99. The standard InChI is InChI=1S/C14H15ClN2O2/c1-10(9-11-5-4-8-19-11)16-14(18)17-13-7-3-2-6-12(13)15/h2-8,10H,9H2,1H3,(H2,16,17,18)/t10-/m1/s1. The van der Waals surface area contributed by atoms with E-state index in [1.165, 1.54) is 0 Å². The van der Waals surface area contributed by atoms with Gasteiger partial charge in [-0.25, -0.2) is 4.79 Å². The largest absolute Gasteiger partial charge is 0.469 e. The molecule has 0 unspecified atom stereocenters. The summed E-state index contributed by atoms with van der Waals surface area (Å²) < 4.78 is 5.23. The smallest absolute Gasteiger partial charge is 0.319 e. The van der Waals surface area contributed by atoms with Gasteiger partial charge >= 0.3 is 6.03 Å². The van der Waals surface area contributed by atoms with Gasteiger partial charge < -0.3 is 15.1 Å². The fraction of sp³-hybridized carbons (Fsp3) is 0.214. The molecule has 0 aliphatic heterocycles. The molecular weight excluding hydrogens is 264 g/mol. The Bertz CT molecular complexity index is 540. The molecule has 0 aliphatic rings. The highest BCUT2D eigenvalue weighted by atomic mass is 35.5. The van der Waals surface area contributed by atoms with Gasteiger partial charge in [-0.1, -0.05) is 23.7 Å². The summed E-state index contributed by atoms with van der Waals surface area (Å²) in [4.78, 5) is 11.8. The van der Waals surface area contributed by atoms with E-state index in [0.717, 1.165) is 5.76 Å². The van der Waals surface area contributed by atoms with E-state index in [9.17, 15) is 4.79 Å². The maximum Gasteiger partial charge on any atom is 0.319 e. The van der Waals surface area contributed by atoms with Gasteiger partial charge in [0.2, 0.25) is 0 Å². The van der Waals surface area contributed by atoms with Crippen molar-refractivity contribution in [3.8, 4) is 0 Å². The van der Waals surface area contributed by atoms with Crippen LogP contribution in [0.2, 0.25) is 5.02 Å². The number of carbonyl (C=O) groups excluding carboxylic acids is 1. The van der Waals surface area contributed by atoms with Crippen LogP contribution in [0.4, 0.5) is 10.5 Å². The van der Waals surface area contributed by atoms with Gasteiger partial charge in [-0.15, -0.1) is 0 Å². The van der Waals surface area contributed by atoms with Crippen LogP contribution in [-0.4, -0.2) is 12.1 Å². The summed E-state index contributed by atoms with van der Waals surface area (Å²) in [5.41, 5.74) is 0.590. The van der Waals surface area contributed by atoms with Gasteiger partial charge in [-0.05, 0) is 31.2 Å². The Labute approximate surface area is 116 Å². The Morgan fingerprint density at radius 2 is 2.11 bits per heavy atom. The highest BCUT2D eigenvalue weighted by molar-refractivity contribution is 6.33. The van der Waals surface area contributed by atoms with Crippen LogP contribution in [0.1, 0.15) is 12.7 Å². The molecule has 19 heavy (non-hydrogen) atoms. The number of carbonyl (C=O) groups is 1. The van der Waals surface area contributed by atoms with E-state index in [0.29, 0.717) is 17.1 Å². The molecule has 5 heteroatoms. The van der Waals surface area contributed by atoms with Crippen molar-refractivity contribution in [2.75, 3.05) is 5.32 Å². The predicted octanol–water partition coefficient (Wildman–Crippen LogP) is 3.69. The molecule has 0 aliphatic carbocycles. The third kappa shape index (κ3) is 4.03. The van der Waals surface area contributed by atoms with Crippen LogP contribution in [-0.2, 0) is 6.42 Å². The summed E-state index contributed by atoms with van der Waals surface area (Å²) in [6.07, 6.45) is 2.26. The average Bonchev–Trinajstić information content (AvgIpc) is 2.84. The second kappa shape index (κ2) is 6.29. The fourth-order valence-corrected chi connectivity index (χ4v) is 1.91. The molecule has 2 amide bonds. The van der Waals surface area contributed by atoms with Crippen LogP contribution >= 0.6 is 11.6 Å². The lowest BCUT2D eigenvalue weighted by molar-refractivity contribution is 0.248. The van der Waals surface area contributed by atoms with Crippen LogP contribution in [0.25, 0.3) is 0 Å². The minimum absolute atomic E-state index is 0.0337. The van der Waals surface area contributed by atoms with Gasteiger partial charge in [0.15, 0.2) is 0 Å². The number of halogens is 1. The first-order chi connectivity index (χ1) is 9.15. The minimum atomic E-state index is -0.285. The van der Waals surface area contributed by atoms with Crippen molar-refractivity contribution in [3.05, 3.63) is 53.4 Å². The molecule has 1 heterocycles. The summed E-state index contributed by atoms with van der Waals surface area (Å²) in [5.74, 6) is 0.838. The van der Waals surface area contributed by atoms with Crippen LogP contribution in [0, 0.1) is 0 Å². The zero-order chi connectivity index (χ0) is 13.7. The molecule has 0 bridgehead atoms. The first kappa shape index (κ1) is 13.5. The van der Waals surface area contributed by atoms with Crippen molar-refractivity contribution in [3.63, 3.8) is 0 Å². The lowest BCUT2D eigenvalue weighted by Gasteiger charge is -2.14. The zero-order valence-electron chi connectivity index (χ0n) is 10.5. The molecular formula is C14H15ClN2O2. The summed E-state index contributed by atoms with van der Waals surface area (Å²) >= 11 is 5.96. The maximum absolute atomic E-state index is 11.8. The summed E-state index contributed by atoms with van der Waals surface area (Å²) in [7, 11) is 0. The van der Waals surface area contributed by atoms with E-state index in [1.54, 1.807) is 18.4 Å². The van der Waals surface area contributed by atoms with Gasteiger partial charge in [0, 0.05) is 12.5 Å². The molecule has 0 radical (unpaired) electrons. The molecule has 2 rings (SSSR count). The van der Waals surface area contributed by atoms with E-state index in [2.05, 4.69) is 10.6 Å². The summed E-state index contributed by atoms with van der Waals surface area (Å²) in [6, 6.07) is 10.5. The molecule has 4 nitrogen and oxygen atoms in total. The quantitative estimate of drug-likeness (QED) is 0.896. The van der Waals surface area contributed by atoms with E-state index in [4.69, 9.17) is 16.0 Å². The molecule has 0 spiro atoms. The number of benzene rings is 1. The van der Waals surface area contributed by atoms with Crippen molar-refractivity contribution in [2.24, 2.45) is 0 Å². The number of amides is 2.